The molecule has 3 amide bonds. The number of nitrogens with one attached hydrogen (secondary N) is 3. The van der Waals surface area contributed by atoms with E-state index < -0.39 is 0 Å². The Morgan fingerprint density at radius 1 is 0.419 bits per heavy atom. The van der Waals surface area contributed by atoms with Crippen molar-refractivity contribution in [3.63, 3.8) is 0 Å². The van der Waals surface area contributed by atoms with Crippen LogP contribution in [0, 0.1) is 20.8 Å². The Kier molecular flexibility index (Phi) is 17.1. The van der Waals surface area contributed by atoms with Gasteiger partial charge in [-0.15, -0.1) is 0 Å². The average molecular weight is 1160 g/mol. The second-order valence-corrected chi connectivity index (χ2v) is 20.6. The number of carbonyl (C=O) groups is 3. The summed E-state index contributed by atoms with van der Waals surface area (Å²) in [6.07, 6.45) is 3.58. The van der Waals surface area contributed by atoms with Gasteiger partial charge in [-0.25, -0.2) is 14.0 Å². The molecule has 3 N–H and O–H groups in total. The largest absolute Gasteiger partial charge is 0.486 e. The van der Waals surface area contributed by atoms with Crippen LogP contribution in [-0.4, -0.2) is 73.9 Å². The van der Waals surface area contributed by atoms with E-state index in [4.69, 9.17) is 28.4 Å². The molecule has 9 aromatic rings. The molecule has 0 bridgehead atoms. The second-order valence-electron chi connectivity index (χ2n) is 20.6. The molecule has 6 aromatic carbocycles. The Balaban J connectivity index is 0.000000170. The fourth-order valence-corrected chi connectivity index (χ4v) is 9.80. The zero-order valence-corrected chi connectivity index (χ0v) is 47.3. The van der Waals surface area contributed by atoms with Gasteiger partial charge in [0, 0.05) is 73.9 Å². The molecule has 0 saturated carbocycles. The number of amides is 3. The topological polar surface area (TPSA) is 247 Å². The molecule has 0 unspecified atom stereocenters. The summed E-state index contributed by atoms with van der Waals surface area (Å²) in [4.78, 5) is 74.7. The van der Waals surface area contributed by atoms with Gasteiger partial charge in [0.05, 0.1) is 17.1 Å². The highest BCUT2D eigenvalue weighted by atomic mass is 16.7. The van der Waals surface area contributed by atoms with Gasteiger partial charge in [-0.2, -0.15) is 15.3 Å². The molecular weight excluding hydrogens is 1100 g/mol. The zero-order valence-electron chi connectivity index (χ0n) is 47.3. The lowest BCUT2D eigenvalue weighted by molar-refractivity contribution is -0.117. The van der Waals surface area contributed by atoms with Crippen LogP contribution in [0.4, 0.5) is 17.1 Å². The zero-order chi connectivity index (χ0) is 59.7. The second kappa shape index (κ2) is 25.8. The van der Waals surface area contributed by atoms with Crippen molar-refractivity contribution in [1.82, 2.24) is 29.3 Å². The van der Waals surface area contributed by atoms with Crippen molar-refractivity contribution in [3.8, 4) is 68.3 Å². The van der Waals surface area contributed by atoms with E-state index in [1.165, 1.54) is 16.8 Å². The number of ether oxygens (including phenoxy) is 6. The van der Waals surface area contributed by atoms with Crippen molar-refractivity contribution in [2.24, 2.45) is 0 Å². The van der Waals surface area contributed by atoms with Crippen molar-refractivity contribution in [3.05, 3.63) is 211 Å². The Hall–Kier alpha value is -10.8. The molecule has 0 saturated heterocycles. The summed E-state index contributed by atoms with van der Waals surface area (Å²) in [6.45, 7) is 6.81. The van der Waals surface area contributed by atoms with Crippen LogP contribution in [0.15, 0.2) is 166 Å². The van der Waals surface area contributed by atoms with Crippen LogP contribution in [0.1, 0.15) is 44.9 Å². The SMILES string of the molecule is Cc1ccc(-c2ccc(=O)n(CC(=O)Nc3ccc4c(c3)OCCO4)n2)cc1.Cc1ccc(-c2ccc(=O)n(CC(=O)Nc3ccc4c(c3)OCO4)n2)cc1.Cc1ccc(-c2nn(CC(=O)Nc3ccc4c(c3)OCO4)c(=O)c3c2CCCC3)cc1.[HH].[HH].[HH]. The predicted molar refractivity (Wildman–Crippen MR) is 327 cm³/mol. The summed E-state index contributed by atoms with van der Waals surface area (Å²) in [6, 6.07) is 45.3. The van der Waals surface area contributed by atoms with E-state index in [1.807, 2.05) is 93.6 Å². The van der Waals surface area contributed by atoms with E-state index in [9.17, 15) is 28.8 Å². The number of rotatable bonds is 12. The van der Waals surface area contributed by atoms with Crippen LogP contribution >= 0.6 is 0 Å². The van der Waals surface area contributed by atoms with Gasteiger partial charge in [-0.1, -0.05) is 89.5 Å². The molecule has 86 heavy (non-hydrogen) atoms. The Labute approximate surface area is 497 Å². The molecule has 0 atom stereocenters. The van der Waals surface area contributed by atoms with Gasteiger partial charge in [0.25, 0.3) is 16.7 Å². The molecule has 442 valence electrons. The highest BCUT2D eigenvalue weighted by Gasteiger charge is 2.24. The minimum absolute atomic E-state index is 0. The first-order valence-corrected chi connectivity index (χ1v) is 27.8. The van der Waals surface area contributed by atoms with Gasteiger partial charge >= 0.3 is 0 Å². The molecule has 0 spiro atoms. The van der Waals surface area contributed by atoms with Crippen LogP contribution in [0.2, 0.25) is 0 Å². The van der Waals surface area contributed by atoms with Crippen LogP contribution in [0.25, 0.3) is 33.8 Å². The standard InChI is InChI=1S/C24H23N3O4.C21H19N3O4.C20H17N3O4.3H2/c1-15-6-8-16(9-7-15)23-18-4-2-3-5-19(18)24(29)27(26-23)13-22(28)25-17-10-11-20-21(12-17)31-14-30-20;1-14-2-4-15(5-3-14)17-7-9-21(26)24(23-17)13-20(25)22-16-6-8-18-19(12-16)28-11-10-27-18;1-13-2-4-14(5-3-13)16-7-9-20(25)23(22-16)11-19(24)21-15-6-8-17-18(10-15)27-12-26-17;;;/h6-12H,2-5,13-14H2,1H3,(H,25,28);2-9,12H,10-11,13H2,1H3,(H,22,25);2-10H,11-12H2,1H3,(H,21,24);3*1H. The summed E-state index contributed by atoms with van der Waals surface area (Å²) in [7, 11) is 0. The number of hydrogen-bond donors (Lipinski definition) is 3. The van der Waals surface area contributed by atoms with E-state index in [1.54, 1.807) is 66.7 Å². The maximum Gasteiger partial charge on any atom is 0.270 e. The number of anilines is 3. The first-order chi connectivity index (χ1) is 41.7. The van der Waals surface area contributed by atoms with Crippen LogP contribution in [-0.2, 0) is 46.9 Å². The highest BCUT2D eigenvalue weighted by molar-refractivity contribution is 5.92. The number of aromatic nitrogens is 6. The molecule has 1 aliphatic carbocycles. The maximum absolute atomic E-state index is 13.1. The number of carbonyl (C=O) groups excluding carboxylic acids is 3. The maximum atomic E-state index is 13.1. The Morgan fingerprint density at radius 3 is 1.24 bits per heavy atom. The Bertz CT molecular complexity index is 4220. The number of aryl methyl sites for hydroxylation is 3. The van der Waals surface area contributed by atoms with Crippen molar-refractivity contribution in [2.75, 3.05) is 42.8 Å². The van der Waals surface area contributed by atoms with Crippen molar-refractivity contribution in [2.45, 2.75) is 66.1 Å². The first-order valence-electron chi connectivity index (χ1n) is 27.8. The summed E-state index contributed by atoms with van der Waals surface area (Å²) < 4.78 is 35.8. The molecular formula is C65H65N9O12. The van der Waals surface area contributed by atoms with E-state index in [0.717, 1.165) is 85.2 Å². The van der Waals surface area contributed by atoms with Crippen molar-refractivity contribution in [1.29, 1.82) is 0 Å². The minimum Gasteiger partial charge on any atom is -0.486 e. The van der Waals surface area contributed by atoms with E-state index in [2.05, 4.69) is 31.2 Å². The monoisotopic (exact) mass is 1160 g/mol. The van der Waals surface area contributed by atoms with Crippen molar-refractivity contribution >= 4 is 34.8 Å². The smallest absolute Gasteiger partial charge is 0.270 e. The average Bonchev–Trinajstić information content (AvgIpc) is 2.29. The van der Waals surface area contributed by atoms with Gasteiger partial charge < -0.3 is 44.4 Å². The molecule has 6 heterocycles. The lowest BCUT2D eigenvalue weighted by Crippen LogP contribution is -2.34. The number of nitrogens with zero attached hydrogens (tertiary/aromatic N) is 6. The third-order valence-electron chi connectivity index (χ3n) is 14.2. The van der Waals surface area contributed by atoms with E-state index in [0.29, 0.717) is 76.2 Å². The summed E-state index contributed by atoms with van der Waals surface area (Å²) in [5, 5.41) is 21.6. The molecule has 0 radical (unpaired) electrons. The first kappa shape index (κ1) is 57.0. The summed E-state index contributed by atoms with van der Waals surface area (Å²) >= 11 is 0. The minimum atomic E-state index is -0.357. The third kappa shape index (κ3) is 13.8. The van der Waals surface area contributed by atoms with Gasteiger partial charge in [-0.05, 0) is 101 Å². The molecule has 3 aliphatic heterocycles. The van der Waals surface area contributed by atoms with Crippen LogP contribution < -0.4 is 61.0 Å². The molecule has 13 rings (SSSR count). The van der Waals surface area contributed by atoms with Gasteiger partial charge in [0.2, 0.25) is 31.3 Å². The summed E-state index contributed by atoms with van der Waals surface area (Å²) in [5.41, 5.74) is 10.9. The third-order valence-corrected chi connectivity index (χ3v) is 14.2. The molecule has 21 heteroatoms. The fourth-order valence-electron chi connectivity index (χ4n) is 9.80. The van der Waals surface area contributed by atoms with E-state index >= 15 is 0 Å². The molecule has 21 nitrogen and oxygen atoms in total. The van der Waals surface area contributed by atoms with Gasteiger partial charge in [-0.3, -0.25) is 28.8 Å². The Morgan fingerprint density at radius 2 is 0.791 bits per heavy atom. The fraction of sp³-hybridized carbons (Fsp3) is 0.215. The molecule has 0 fully saturated rings. The number of fused-ring (bicyclic) bond motifs is 4. The number of benzene rings is 6. The lowest BCUT2D eigenvalue weighted by Gasteiger charge is -2.20. The van der Waals surface area contributed by atoms with E-state index in [-0.39, 0.29) is 71.9 Å². The van der Waals surface area contributed by atoms with Crippen LogP contribution in [0.5, 0.6) is 34.5 Å². The summed E-state index contributed by atoms with van der Waals surface area (Å²) in [5.74, 6) is 2.64. The molecule has 3 aromatic heterocycles. The van der Waals surface area contributed by atoms with Gasteiger partial charge in [0.15, 0.2) is 34.5 Å². The number of hydrogen-bond acceptors (Lipinski definition) is 15. The molecule has 4 aliphatic rings. The van der Waals surface area contributed by atoms with Gasteiger partial charge in [0.1, 0.15) is 32.8 Å². The lowest BCUT2D eigenvalue weighted by atomic mass is 9.89. The predicted octanol–water partition coefficient (Wildman–Crippen LogP) is 9.42. The normalized spacial score (nSPS) is 13.0. The van der Waals surface area contributed by atoms with Crippen molar-refractivity contribution < 1.29 is 47.1 Å². The quantitative estimate of drug-likeness (QED) is 0.103. The highest BCUT2D eigenvalue weighted by Crippen LogP contribution is 2.36. The van der Waals surface area contributed by atoms with Crippen LogP contribution in [0.3, 0.4) is 0 Å².